The predicted octanol–water partition coefficient (Wildman–Crippen LogP) is -0.953. The Labute approximate surface area is 50.3 Å². The normalized spacial score (nSPS) is 4.00. The SMILES string of the molecule is N.O=C([O-])O.[Ag+]. The van der Waals surface area contributed by atoms with E-state index in [1.54, 1.807) is 0 Å². The maximum Gasteiger partial charge on any atom is 1.00 e. The molecular formula is CH4AgNO3. The number of hydrogen-bond acceptors (Lipinski definition) is 3. The molecule has 4 nitrogen and oxygen atoms in total. The molecule has 0 unspecified atom stereocenters. The molecule has 0 aromatic heterocycles. The number of carbonyl (C=O) groups is 1. The Bertz CT molecular complexity index is 33.8. The molecular weight excluding hydrogens is 182 g/mol. The van der Waals surface area contributed by atoms with Crippen LogP contribution in [0, 0.1) is 0 Å². The van der Waals surface area contributed by atoms with Crippen molar-refractivity contribution in [2.24, 2.45) is 0 Å². The van der Waals surface area contributed by atoms with Gasteiger partial charge in [0.2, 0.25) is 6.16 Å². The topological polar surface area (TPSA) is 95.4 Å². The van der Waals surface area contributed by atoms with Gasteiger partial charge in [-0.1, -0.05) is 0 Å². The first-order valence-corrected chi connectivity index (χ1v) is 0.632. The van der Waals surface area contributed by atoms with Crippen LogP contribution in [0.2, 0.25) is 0 Å². The third-order valence-electron chi connectivity index (χ3n) is 0. The Morgan fingerprint density at radius 3 is 1.67 bits per heavy atom. The first kappa shape index (κ1) is 16.7. The molecule has 0 amide bonds. The zero-order valence-corrected chi connectivity index (χ0v) is 4.25. The van der Waals surface area contributed by atoms with Crippen LogP contribution in [-0.4, -0.2) is 11.3 Å². The molecule has 0 spiro atoms. The van der Waals surface area contributed by atoms with Gasteiger partial charge in [0.05, 0.1) is 0 Å². The number of rotatable bonds is 0. The Balaban J connectivity index is -0.0000000450. The molecule has 0 fully saturated rings. The van der Waals surface area contributed by atoms with Crippen LogP contribution in [0.4, 0.5) is 4.79 Å². The first-order valence-electron chi connectivity index (χ1n) is 0.632. The second-order valence-electron chi connectivity index (χ2n) is 0.266. The molecule has 42 valence electrons. The first-order chi connectivity index (χ1) is 1.73. The smallest absolute Gasteiger partial charge is 0.565 e. The van der Waals surface area contributed by atoms with Crippen LogP contribution in [0.5, 0.6) is 0 Å². The second kappa shape index (κ2) is 8.88. The van der Waals surface area contributed by atoms with E-state index < -0.39 is 6.16 Å². The molecule has 0 aliphatic heterocycles. The van der Waals surface area contributed by atoms with Crippen molar-refractivity contribution in [3.8, 4) is 0 Å². The van der Waals surface area contributed by atoms with Gasteiger partial charge in [0, 0.05) is 0 Å². The number of carboxylic acid groups (broad SMARTS) is 2. The predicted molar refractivity (Wildman–Crippen MR) is 13.0 cm³/mol. The van der Waals surface area contributed by atoms with E-state index in [4.69, 9.17) is 15.0 Å². The number of hydrogen-bond donors (Lipinski definition) is 2. The van der Waals surface area contributed by atoms with Gasteiger partial charge in [0.25, 0.3) is 0 Å². The maximum atomic E-state index is 8.44. The molecule has 0 rings (SSSR count). The Morgan fingerprint density at radius 1 is 1.67 bits per heavy atom. The summed E-state index contributed by atoms with van der Waals surface area (Å²) < 4.78 is 0. The van der Waals surface area contributed by atoms with Gasteiger partial charge in [-0.25, -0.2) is 0 Å². The monoisotopic (exact) mass is 185 g/mol. The third kappa shape index (κ3) is 39600. The van der Waals surface area contributed by atoms with Crippen LogP contribution in [0.15, 0.2) is 0 Å². The summed E-state index contributed by atoms with van der Waals surface area (Å²) in [5.41, 5.74) is 0. The summed E-state index contributed by atoms with van der Waals surface area (Å²) in [6.45, 7) is 0. The summed E-state index contributed by atoms with van der Waals surface area (Å²) in [5.74, 6) is 0. The summed E-state index contributed by atoms with van der Waals surface area (Å²) in [5, 5.41) is 15.3. The van der Waals surface area contributed by atoms with E-state index in [2.05, 4.69) is 0 Å². The van der Waals surface area contributed by atoms with Crippen LogP contribution < -0.4 is 11.3 Å². The van der Waals surface area contributed by atoms with E-state index in [0.717, 1.165) is 0 Å². The van der Waals surface area contributed by atoms with Gasteiger partial charge in [0.1, 0.15) is 0 Å². The van der Waals surface area contributed by atoms with E-state index in [1.807, 2.05) is 0 Å². The van der Waals surface area contributed by atoms with Crippen molar-refractivity contribution < 1.29 is 37.4 Å². The van der Waals surface area contributed by atoms with Crippen molar-refractivity contribution in [2.75, 3.05) is 0 Å². The van der Waals surface area contributed by atoms with Crippen LogP contribution in [0.1, 0.15) is 0 Å². The summed E-state index contributed by atoms with van der Waals surface area (Å²) >= 11 is 0. The van der Waals surface area contributed by atoms with Gasteiger partial charge >= 0.3 is 22.4 Å². The van der Waals surface area contributed by atoms with E-state index in [-0.39, 0.29) is 28.5 Å². The van der Waals surface area contributed by atoms with Gasteiger partial charge in [0.15, 0.2) is 0 Å². The van der Waals surface area contributed by atoms with Crippen molar-refractivity contribution in [1.29, 1.82) is 0 Å². The van der Waals surface area contributed by atoms with Gasteiger partial charge < -0.3 is 21.2 Å². The Hall–Kier alpha value is -0.0297. The summed E-state index contributed by atoms with van der Waals surface area (Å²) in [6.07, 6.45) is -2.08. The molecule has 0 aromatic rings. The molecule has 0 aliphatic rings. The van der Waals surface area contributed by atoms with Crippen LogP contribution in [-0.2, 0) is 22.4 Å². The average molecular weight is 186 g/mol. The average Bonchev–Trinajstić information content (AvgIpc) is 0.811. The zero-order chi connectivity index (χ0) is 3.58. The largest absolute Gasteiger partial charge is 1.00 e. The zero-order valence-electron chi connectivity index (χ0n) is 2.77. The Kier molecular flexibility index (Phi) is 24.7. The van der Waals surface area contributed by atoms with Crippen molar-refractivity contribution in [3.63, 3.8) is 0 Å². The molecule has 6 heavy (non-hydrogen) atoms. The van der Waals surface area contributed by atoms with Crippen LogP contribution >= 0.6 is 0 Å². The molecule has 0 saturated carbocycles. The molecule has 5 heteroatoms. The molecule has 0 atom stereocenters. The maximum absolute atomic E-state index is 8.44. The molecule has 0 saturated heterocycles. The quantitative estimate of drug-likeness (QED) is 0.476. The van der Waals surface area contributed by atoms with Crippen LogP contribution in [0.3, 0.4) is 0 Å². The summed E-state index contributed by atoms with van der Waals surface area (Å²) in [7, 11) is 0. The molecule has 0 aromatic carbocycles. The van der Waals surface area contributed by atoms with Gasteiger partial charge in [-0.3, -0.25) is 0 Å². The van der Waals surface area contributed by atoms with Gasteiger partial charge in [-0.2, -0.15) is 0 Å². The molecule has 0 aliphatic carbocycles. The van der Waals surface area contributed by atoms with E-state index in [1.165, 1.54) is 0 Å². The second-order valence-corrected chi connectivity index (χ2v) is 0.266. The van der Waals surface area contributed by atoms with E-state index in [9.17, 15) is 0 Å². The molecule has 4 N–H and O–H groups in total. The minimum Gasteiger partial charge on any atom is -0.565 e. The Morgan fingerprint density at radius 2 is 1.67 bits per heavy atom. The molecule has 0 radical (unpaired) electrons. The summed E-state index contributed by atoms with van der Waals surface area (Å²) in [4.78, 5) is 8.44. The fourth-order valence-electron chi connectivity index (χ4n) is 0. The molecule has 0 heterocycles. The van der Waals surface area contributed by atoms with Gasteiger partial charge in [-0.15, -0.1) is 0 Å². The summed E-state index contributed by atoms with van der Waals surface area (Å²) in [6, 6.07) is 0. The van der Waals surface area contributed by atoms with E-state index in [0.29, 0.717) is 0 Å². The van der Waals surface area contributed by atoms with Crippen molar-refractivity contribution >= 4 is 6.16 Å². The van der Waals surface area contributed by atoms with Crippen molar-refractivity contribution in [3.05, 3.63) is 0 Å². The fourth-order valence-corrected chi connectivity index (χ4v) is 0. The van der Waals surface area contributed by atoms with Crippen molar-refractivity contribution in [2.45, 2.75) is 0 Å². The third-order valence-corrected chi connectivity index (χ3v) is 0. The van der Waals surface area contributed by atoms with Crippen LogP contribution in [0.25, 0.3) is 0 Å². The standard InChI is InChI=1S/CH2O3.Ag.H3N/c2-1(3)4;;/h(H2,2,3,4);;1H3/q;+1;/p-1. The molecule has 0 bridgehead atoms. The minimum atomic E-state index is -2.08. The van der Waals surface area contributed by atoms with E-state index >= 15 is 0 Å². The fraction of sp³-hybridized carbons (Fsp3) is 0. The minimum absolute atomic E-state index is 0. The van der Waals surface area contributed by atoms with Crippen molar-refractivity contribution in [1.82, 2.24) is 6.15 Å². The van der Waals surface area contributed by atoms with Gasteiger partial charge in [-0.05, 0) is 0 Å².